The van der Waals surface area contributed by atoms with E-state index in [1.807, 2.05) is 30.3 Å². The van der Waals surface area contributed by atoms with E-state index in [0.717, 1.165) is 4.90 Å². The summed E-state index contributed by atoms with van der Waals surface area (Å²) >= 11 is 1.28. The molecule has 0 radical (unpaired) electrons. The van der Waals surface area contributed by atoms with Gasteiger partial charge in [-0.2, -0.15) is 0 Å². The quantitative estimate of drug-likeness (QED) is 0.740. The molecule has 1 heterocycles. The molecule has 1 saturated heterocycles. The van der Waals surface area contributed by atoms with Gasteiger partial charge in [-0.1, -0.05) is 30.0 Å². The van der Waals surface area contributed by atoms with Crippen LogP contribution < -0.4 is 0 Å². The molecule has 5 heteroatoms. The lowest BCUT2D eigenvalue weighted by atomic mass is 10.0. The second-order valence-corrected chi connectivity index (χ2v) is 5.00. The molecule has 0 aliphatic carbocycles. The van der Waals surface area contributed by atoms with Crippen molar-refractivity contribution >= 4 is 11.8 Å². The Morgan fingerprint density at radius 2 is 2.00 bits per heavy atom. The second-order valence-electron chi connectivity index (χ2n) is 3.83. The van der Waals surface area contributed by atoms with Crippen LogP contribution in [0.5, 0.6) is 0 Å². The van der Waals surface area contributed by atoms with Crippen molar-refractivity contribution in [2.45, 2.75) is 35.0 Å². The Bertz CT molecular complexity index is 376. The van der Waals surface area contributed by atoms with Crippen LogP contribution in [0.2, 0.25) is 0 Å². The summed E-state index contributed by atoms with van der Waals surface area (Å²) in [6.45, 7) is -0.366. The van der Waals surface area contributed by atoms with E-state index in [-0.39, 0.29) is 6.61 Å². The zero-order valence-corrected chi connectivity index (χ0v) is 9.96. The van der Waals surface area contributed by atoms with Crippen LogP contribution in [0.1, 0.15) is 7.77 Å². The van der Waals surface area contributed by atoms with Crippen molar-refractivity contribution in [1.82, 2.24) is 0 Å². The first-order chi connectivity index (χ1) is 8.63. The molecule has 0 spiro atoms. The SMILES string of the molecule is [2H][C@@H]1C(O)[C@H](Sc2ccccc2)OC(CO)[C@@H]1O. The van der Waals surface area contributed by atoms with Crippen LogP contribution >= 0.6 is 11.8 Å². The highest BCUT2D eigenvalue weighted by Gasteiger charge is 2.36. The van der Waals surface area contributed by atoms with E-state index >= 15 is 0 Å². The summed E-state index contributed by atoms with van der Waals surface area (Å²) in [4.78, 5) is 0.904. The van der Waals surface area contributed by atoms with Gasteiger partial charge in [0.05, 0.1) is 18.8 Å². The Labute approximate surface area is 106 Å². The molecular weight excluding hydrogens is 240 g/mol. The number of hydrogen-bond donors (Lipinski definition) is 3. The van der Waals surface area contributed by atoms with Gasteiger partial charge in [-0.25, -0.2) is 0 Å². The minimum Gasteiger partial charge on any atom is -0.394 e. The van der Waals surface area contributed by atoms with Gasteiger partial charge >= 0.3 is 0 Å². The van der Waals surface area contributed by atoms with E-state index in [9.17, 15) is 10.2 Å². The van der Waals surface area contributed by atoms with E-state index in [0.29, 0.717) is 0 Å². The Morgan fingerprint density at radius 1 is 1.29 bits per heavy atom. The molecule has 1 fully saturated rings. The lowest BCUT2D eigenvalue weighted by Gasteiger charge is -2.36. The van der Waals surface area contributed by atoms with Crippen LogP contribution in [-0.2, 0) is 4.74 Å². The summed E-state index contributed by atoms with van der Waals surface area (Å²) in [5, 5.41) is 28.6. The molecule has 1 aromatic rings. The minimum absolute atomic E-state index is 0.366. The molecule has 94 valence electrons. The predicted octanol–water partition coefficient (Wildman–Crippen LogP) is 0.608. The second kappa shape index (κ2) is 5.84. The zero-order chi connectivity index (χ0) is 13.1. The summed E-state index contributed by atoms with van der Waals surface area (Å²) < 4.78 is 13.1. The largest absolute Gasteiger partial charge is 0.394 e. The van der Waals surface area contributed by atoms with Gasteiger partial charge in [0, 0.05) is 12.7 Å². The van der Waals surface area contributed by atoms with Gasteiger partial charge < -0.3 is 20.1 Å². The third kappa shape index (κ3) is 3.20. The van der Waals surface area contributed by atoms with Crippen molar-refractivity contribution < 1.29 is 21.4 Å². The summed E-state index contributed by atoms with van der Waals surface area (Å²) in [7, 11) is 0. The van der Waals surface area contributed by atoms with Gasteiger partial charge in [0.25, 0.3) is 0 Å². The third-order valence-electron chi connectivity index (χ3n) is 2.54. The molecule has 17 heavy (non-hydrogen) atoms. The Balaban J connectivity index is 2.08. The van der Waals surface area contributed by atoms with E-state index in [4.69, 9.17) is 11.2 Å². The van der Waals surface area contributed by atoms with Crippen molar-refractivity contribution in [2.24, 2.45) is 0 Å². The standard InChI is InChI=1S/C12H16O4S/c13-7-11-9(14)6-10(15)12(16-11)17-8-4-2-1-3-5-8/h1-5,9-15H,6-7H2/t9-,10?,11?,12+/m1/s1/i6D/t6-,9+,10?,11?,12-/m0. The number of benzene rings is 1. The van der Waals surface area contributed by atoms with E-state index < -0.39 is 30.1 Å². The van der Waals surface area contributed by atoms with Crippen molar-refractivity contribution in [1.29, 1.82) is 0 Å². The summed E-state index contributed by atoms with van der Waals surface area (Å²) in [5.41, 5.74) is -0.657. The van der Waals surface area contributed by atoms with Crippen LogP contribution in [0.3, 0.4) is 0 Å². The molecular formula is C12H16O4S. The maximum Gasteiger partial charge on any atom is 0.134 e. The van der Waals surface area contributed by atoms with Gasteiger partial charge in [0.1, 0.15) is 11.5 Å². The molecule has 1 aliphatic rings. The van der Waals surface area contributed by atoms with Crippen LogP contribution in [0, 0.1) is 0 Å². The van der Waals surface area contributed by atoms with Gasteiger partial charge in [-0.3, -0.25) is 0 Å². The van der Waals surface area contributed by atoms with Crippen molar-refractivity contribution in [2.75, 3.05) is 6.61 Å². The van der Waals surface area contributed by atoms with Gasteiger partial charge in [-0.15, -0.1) is 0 Å². The maximum absolute atomic E-state index is 9.91. The highest BCUT2D eigenvalue weighted by Crippen LogP contribution is 2.32. The number of aliphatic hydroxyl groups is 3. The molecule has 0 amide bonds. The molecule has 1 aliphatic heterocycles. The van der Waals surface area contributed by atoms with E-state index in [1.54, 1.807) is 0 Å². The van der Waals surface area contributed by atoms with Crippen molar-refractivity contribution in [3.8, 4) is 0 Å². The number of thioether (sulfide) groups is 1. The fourth-order valence-electron chi connectivity index (χ4n) is 1.63. The average Bonchev–Trinajstić information content (AvgIpc) is 2.40. The maximum atomic E-state index is 9.91. The lowest BCUT2D eigenvalue weighted by molar-refractivity contribution is -0.149. The van der Waals surface area contributed by atoms with Gasteiger partial charge in [0.2, 0.25) is 0 Å². The number of hydrogen-bond acceptors (Lipinski definition) is 5. The third-order valence-corrected chi connectivity index (χ3v) is 3.71. The van der Waals surface area contributed by atoms with Gasteiger partial charge in [-0.05, 0) is 12.1 Å². The Morgan fingerprint density at radius 3 is 2.65 bits per heavy atom. The molecule has 4 nitrogen and oxygen atoms in total. The number of aliphatic hydroxyl groups excluding tert-OH is 3. The molecule has 2 rings (SSSR count). The molecule has 0 saturated carbocycles. The minimum atomic E-state index is -1.17. The summed E-state index contributed by atoms with van der Waals surface area (Å²) in [6.07, 6.45) is -4.15. The van der Waals surface area contributed by atoms with E-state index in [2.05, 4.69) is 0 Å². The molecule has 0 bridgehead atoms. The Hall–Kier alpha value is -0.590. The fourth-order valence-corrected chi connectivity index (χ4v) is 2.64. The lowest BCUT2D eigenvalue weighted by Crippen LogP contribution is -2.47. The first-order valence-electron chi connectivity index (χ1n) is 5.97. The van der Waals surface area contributed by atoms with Crippen LogP contribution in [-0.4, -0.2) is 45.7 Å². The topological polar surface area (TPSA) is 69.9 Å². The monoisotopic (exact) mass is 257 g/mol. The summed E-state index contributed by atoms with van der Waals surface area (Å²) in [5.74, 6) is 0. The van der Waals surface area contributed by atoms with Crippen molar-refractivity contribution in [3.63, 3.8) is 0 Å². The number of rotatable bonds is 3. The first-order valence-corrected chi connectivity index (χ1v) is 6.28. The smallest absolute Gasteiger partial charge is 0.134 e. The molecule has 1 aromatic carbocycles. The highest BCUT2D eigenvalue weighted by molar-refractivity contribution is 7.99. The Kier molecular flexibility index (Phi) is 3.95. The zero-order valence-electron chi connectivity index (χ0n) is 10.1. The molecule has 2 unspecified atom stereocenters. The fraction of sp³-hybridized carbons (Fsp3) is 0.500. The molecule has 5 atom stereocenters. The normalized spacial score (nSPS) is 38.8. The number of ether oxygens (including phenoxy) is 1. The first kappa shape index (κ1) is 11.5. The van der Waals surface area contributed by atoms with Crippen LogP contribution in [0.4, 0.5) is 0 Å². The van der Waals surface area contributed by atoms with Crippen LogP contribution in [0.25, 0.3) is 0 Å². The summed E-state index contributed by atoms with van der Waals surface area (Å²) in [6, 6.07) is 9.37. The molecule has 0 aromatic heterocycles. The van der Waals surface area contributed by atoms with Gasteiger partial charge in [0.15, 0.2) is 0 Å². The van der Waals surface area contributed by atoms with Crippen LogP contribution in [0.15, 0.2) is 35.2 Å². The highest BCUT2D eigenvalue weighted by atomic mass is 32.2. The van der Waals surface area contributed by atoms with Crippen molar-refractivity contribution in [3.05, 3.63) is 30.3 Å². The predicted molar refractivity (Wildman–Crippen MR) is 64.7 cm³/mol. The average molecular weight is 257 g/mol. The van der Waals surface area contributed by atoms with E-state index in [1.165, 1.54) is 11.8 Å². The molecule has 3 N–H and O–H groups in total.